The quantitative estimate of drug-likeness (QED) is 0.897. The second-order valence-corrected chi connectivity index (χ2v) is 6.59. The maximum Gasteiger partial charge on any atom is 0.238 e. The molecule has 0 saturated carbocycles. The summed E-state index contributed by atoms with van der Waals surface area (Å²) in [5.74, 6) is 0. The van der Waals surface area contributed by atoms with Gasteiger partial charge in [0.05, 0.1) is 28.6 Å². The number of hydrogen-bond acceptors (Lipinski definition) is 5. The second-order valence-electron chi connectivity index (χ2n) is 5.03. The summed E-state index contributed by atoms with van der Waals surface area (Å²) < 4.78 is 22.5. The number of anilines is 2. The van der Waals surface area contributed by atoms with E-state index in [2.05, 4.69) is 22.1 Å². The van der Waals surface area contributed by atoms with Crippen molar-refractivity contribution in [2.24, 2.45) is 5.14 Å². The van der Waals surface area contributed by atoms with E-state index < -0.39 is 10.0 Å². The van der Waals surface area contributed by atoms with E-state index in [1.54, 1.807) is 24.5 Å². The fourth-order valence-electron chi connectivity index (χ4n) is 2.46. The lowest BCUT2D eigenvalue weighted by Crippen LogP contribution is -2.32. The first-order chi connectivity index (χ1) is 9.95. The van der Waals surface area contributed by atoms with E-state index in [-0.39, 0.29) is 11.1 Å². The number of rotatable bonds is 3. The number of aromatic nitrogens is 1. The zero-order valence-corrected chi connectivity index (χ0v) is 12.3. The predicted octanol–water partition coefficient (Wildman–Crippen LogP) is 1.51. The minimum atomic E-state index is -3.64. The lowest BCUT2D eigenvalue weighted by Gasteiger charge is -2.24. The number of nitrogens with two attached hydrogens (primary N) is 1. The molecule has 1 aliphatic heterocycles. The Hall–Kier alpha value is -2.12. The molecule has 1 aromatic heterocycles. The van der Waals surface area contributed by atoms with Gasteiger partial charge in [-0.1, -0.05) is 12.1 Å². The van der Waals surface area contributed by atoms with Crippen LogP contribution in [0.5, 0.6) is 0 Å². The summed E-state index contributed by atoms with van der Waals surface area (Å²) in [7, 11) is -3.64. The zero-order valence-electron chi connectivity index (χ0n) is 11.5. The van der Waals surface area contributed by atoms with Crippen LogP contribution >= 0.6 is 0 Å². The van der Waals surface area contributed by atoms with Crippen molar-refractivity contribution in [3.63, 3.8) is 0 Å². The normalized spacial score (nSPS) is 17.4. The van der Waals surface area contributed by atoms with E-state index >= 15 is 0 Å². The van der Waals surface area contributed by atoms with Gasteiger partial charge in [0, 0.05) is 12.7 Å². The summed E-state index contributed by atoms with van der Waals surface area (Å²) in [5.41, 5.74) is 3.11. The maximum absolute atomic E-state index is 11.3. The van der Waals surface area contributed by atoms with Crippen LogP contribution < -0.4 is 15.4 Å². The van der Waals surface area contributed by atoms with Crippen LogP contribution in [0.4, 0.5) is 11.4 Å². The van der Waals surface area contributed by atoms with Crippen molar-refractivity contribution in [2.75, 3.05) is 10.2 Å². The summed E-state index contributed by atoms with van der Waals surface area (Å²) in [4.78, 5) is 6.43. The summed E-state index contributed by atoms with van der Waals surface area (Å²) in [6.07, 6.45) is 3.72. The third kappa shape index (κ3) is 2.70. The molecule has 7 heteroatoms. The molecule has 0 aliphatic carbocycles. The van der Waals surface area contributed by atoms with Gasteiger partial charge in [0.2, 0.25) is 10.0 Å². The average molecular weight is 304 g/mol. The molecule has 0 amide bonds. The Morgan fingerprint density at radius 1 is 1.29 bits per heavy atom. The van der Waals surface area contributed by atoms with Crippen molar-refractivity contribution in [3.8, 4) is 0 Å². The molecule has 0 saturated heterocycles. The number of nitrogens with zero attached hydrogens (tertiary/aromatic N) is 2. The Morgan fingerprint density at radius 2 is 2.00 bits per heavy atom. The van der Waals surface area contributed by atoms with Gasteiger partial charge in [-0.3, -0.25) is 4.98 Å². The average Bonchev–Trinajstić information content (AvgIpc) is 2.75. The first kappa shape index (κ1) is 13.8. The number of sulfonamides is 1. The first-order valence-electron chi connectivity index (χ1n) is 6.54. The molecule has 21 heavy (non-hydrogen) atoms. The SMILES string of the molecule is CC1Nc2cnccc2N1Cc1ccc(S(N)(=O)=O)cc1. The van der Waals surface area contributed by atoms with Crippen LogP contribution in [0, 0.1) is 0 Å². The number of hydrogen-bond donors (Lipinski definition) is 2. The number of pyridine rings is 1. The minimum absolute atomic E-state index is 0.128. The Balaban J connectivity index is 1.84. The van der Waals surface area contributed by atoms with Gasteiger partial charge in [0.25, 0.3) is 0 Å². The Kier molecular flexibility index (Phi) is 3.30. The molecule has 2 heterocycles. The fourth-order valence-corrected chi connectivity index (χ4v) is 2.98. The maximum atomic E-state index is 11.3. The molecule has 1 aliphatic rings. The predicted molar refractivity (Wildman–Crippen MR) is 81.3 cm³/mol. The Labute approximate surface area is 123 Å². The van der Waals surface area contributed by atoms with Crippen molar-refractivity contribution in [2.45, 2.75) is 24.5 Å². The van der Waals surface area contributed by atoms with Gasteiger partial charge in [-0.25, -0.2) is 13.6 Å². The van der Waals surface area contributed by atoms with Crippen molar-refractivity contribution in [1.82, 2.24) is 4.98 Å². The van der Waals surface area contributed by atoms with E-state index in [1.807, 2.05) is 6.07 Å². The van der Waals surface area contributed by atoms with Crippen LogP contribution in [0.2, 0.25) is 0 Å². The summed E-state index contributed by atoms with van der Waals surface area (Å²) in [6, 6.07) is 8.60. The van der Waals surface area contributed by atoms with Crippen LogP contribution in [0.25, 0.3) is 0 Å². The lowest BCUT2D eigenvalue weighted by atomic mass is 10.2. The molecule has 3 N–H and O–H groups in total. The summed E-state index contributed by atoms with van der Waals surface area (Å²) >= 11 is 0. The highest BCUT2D eigenvalue weighted by molar-refractivity contribution is 7.89. The second kappa shape index (κ2) is 5.01. The van der Waals surface area contributed by atoms with E-state index in [0.717, 1.165) is 16.9 Å². The molecular formula is C14H16N4O2S. The highest BCUT2D eigenvalue weighted by Gasteiger charge is 2.25. The zero-order chi connectivity index (χ0) is 15.0. The van der Waals surface area contributed by atoms with Crippen molar-refractivity contribution < 1.29 is 8.42 Å². The standard InChI is InChI=1S/C14H16N4O2S/c1-10-17-13-8-16-7-6-14(13)18(10)9-11-2-4-12(5-3-11)21(15,19)20/h2-8,10,17H,9H2,1H3,(H2,15,19,20). The molecule has 0 radical (unpaired) electrons. The first-order valence-corrected chi connectivity index (χ1v) is 8.09. The molecular weight excluding hydrogens is 288 g/mol. The largest absolute Gasteiger partial charge is 0.362 e. The van der Waals surface area contributed by atoms with Gasteiger partial charge in [0.1, 0.15) is 0 Å². The summed E-state index contributed by atoms with van der Waals surface area (Å²) in [5, 5.41) is 8.45. The van der Waals surface area contributed by atoms with Gasteiger partial charge in [-0.2, -0.15) is 0 Å². The van der Waals surface area contributed by atoms with E-state index in [9.17, 15) is 8.42 Å². The van der Waals surface area contributed by atoms with Gasteiger partial charge in [-0.05, 0) is 30.7 Å². The van der Waals surface area contributed by atoms with E-state index in [4.69, 9.17) is 5.14 Å². The highest BCUT2D eigenvalue weighted by atomic mass is 32.2. The van der Waals surface area contributed by atoms with Crippen LogP contribution in [0.15, 0.2) is 47.6 Å². The molecule has 2 aromatic rings. The van der Waals surface area contributed by atoms with Gasteiger partial charge >= 0.3 is 0 Å². The van der Waals surface area contributed by atoms with Gasteiger partial charge in [0.15, 0.2) is 0 Å². The van der Waals surface area contributed by atoms with Crippen molar-refractivity contribution in [3.05, 3.63) is 48.3 Å². The number of primary sulfonamides is 1. The van der Waals surface area contributed by atoms with Gasteiger partial charge < -0.3 is 10.2 Å². The fraction of sp³-hybridized carbons (Fsp3) is 0.214. The van der Waals surface area contributed by atoms with Gasteiger partial charge in [-0.15, -0.1) is 0 Å². The molecule has 1 unspecified atom stereocenters. The minimum Gasteiger partial charge on any atom is -0.362 e. The number of fused-ring (bicyclic) bond motifs is 1. The molecule has 0 bridgehead atoms. The highest BCUT2D eigenvalue weighted by Crippen LogP contribution is 2.34. The Bertz CT molecular complexity index is 759. The molecule has 3 rings (SSSR count). The molecule has 6 nitrogen and oxygen atoms in total. The van der Waals surface area contributed by atoms with E-state index in [0.29, 0.717) is 6.54 Å². The topological polar surface area (TPSA) is 88.3 Å². The van der Waals surface area contributed by atoms with Crippen molar-refractivity contribution >= 4 is 21.4 Å². The third-order valence-electron chi connectivity index (χ3n) is 3.54. The third-order valence-corrected chi connectivity index (χ3v) is 4.47. The number of benzene rings is 1. The van der Waals surface area contributed by atoms with Crippen molar-refractivity contribution in [1.29, 1.82) is 0 Å². The van der Waals surface area contributed by atoms with Crippen LogP contribution in [0.1, 0.15) is 12.5 Å². The van der Waals surface area contributed by atoms with E-state index in [1.165, 1.54) is 12.1 Å². The molecule has 0 spiro atoms. The van der Waals surface area contributed by atoms with Crippen LogP contribution in [0.3, 0.4) is 0 Å². The Morgan fingerprint density at radius 3 is 2.67 bits per heavy atom. The lowest BCUT2D eigenvalue weighted by molar-refractivity contribution is 0.597. The number of nitrogens with one attached hydrogen (secondary N) is 1. The molecule has 0 fully saturated rings. The molecule has 1 atom stereocenters. The van der Waals surface area contributed by atoms with Crippen LogP contribution in [-0.2, 0) is 16.6 Å². The monoisotopic (exact) mass is 304 g/mol. The molecule has 110 valence electrons. The van der Waals surface area contributed by atoms with Crippen LogP contribution in [-0.4, -0.2) is 19.6 Å². The smallest absolute Gasteiger partial charge is 0.238 e. The molecule has 1 aromatic carbocycles. The summed E-state index contributed by atoms with van der Waals surface area (Å²) in [6.45, 7) is 2.74.